The summed E-state index contributed by atoms with van der Waals surface area (Å²) in [5.41, 5.74) is 2.88. The number of nitrogens with one attached hydrogen (secondary N) is 1. The number of ether oxygens (including phenoxy) is 1. The van der Waals surface area contributed by atoms with Crippen molar-refractivity contribution in [3.05, 3.63) is 82.9 Å². The van der Waals surface area contributed by atoms with Gasteiger partial charge < -0.3 is 15.2 Å². The van der Waals surface area contributed by atoms with Gasteiger partial charge in [0.1, 0.15) is 11.8 Å². The van der Waals surface area contributed by atoms with E-state index in [-0.39, 0.29) is 19.1 Å². The van der Waals surface area contributed by atoms with Gasteiger partial charge in [0, 0.05) is 21.7 Å². The second kappa shape index (κ2) is 9.65. The minimum atomic E-state index is -0.419. The number of aliphatic hydroxyl groups is 1. The molecule has 0 saturated heterocycles. The van der Waals surface area contributed by atoms with Crippen molar-refractivity contribution >= 4 is 23.2 Å². The van der Waals surface area contributed by atoms with Gasteiger partial charge in [-0.1, -0.05) is 49.7 Å². The minimum Gasteiger partial charge on any atom is -0.492 e. The molecule has 0 unspecified atom stereocenters. The quantitative estimate of drug-likeness (QED) is 0.512. The van der Waals surface area contributed by atoms with E-state index in [9.17, 15) is 15.2 Å². The number of amides is 1. The first-order chi connectivity index (χ1) is 14.8. The zero-order valence-corrected chi connectivity index (χ0v) is 18.1. The molecule has 3 aromatic carbocycles. The number of carbonyl (C=O) groups is 1. The molecule has 0 fully saturated rings. The van der Waals surface area contributed by atoms with Crippen LogP contribution in [-0.2, 0) is 0 Å². The van der Waals surface area contributed by atoms with Gasteiger partial charge in [-0.25, -0.2) is 0 Å². The van der Waals surface area contributed by atoms with E-state index in [2.05, 4.69) is 11.4 Å². The van der Waals surface area contributed by atoms with E-state index < -0.39 is 5.41 Å². The molecule has 0 atom stereocenters. The van der Waals surface area contributed by atoms with Crippen molar-refractivity contribution < 1.29 is 14.6 Å². The Bertz CT molecular complexity index is 1100. The number of rotatable bonds is 7. The van der Waals surface area contributed by atoms with Crippen molar-refractivity contribution in [2.24, 2.45) is 5.41 Å². The summed E-state index contributed by atoms with van der Waals surface area (Å²) in [6.07, 6.45) is 0. The highest BCUT2D eigenvalue weighted by Gasteiger charge is 2.18. The molecule has 1 amide bonds. The molecule has 0 radical (unpaired) electrons. The number of hydrogen-bond acceptors (Lipinski definition) is 4. The van der Waals surface area contributed by atoms with Crippen LogP contribution < -0.4 is 10.1 Å². The lowest BCUT2D eigenvalue weighted by Crippen LogP contribution is -2.25. The maximum Gasteiger partial charge on any atom is 0.255 e. The topological polar surface area (TPSA) is 82.3 Å². The first-order valence-electron chi connectivity index (χ1n) is 9.76. The third kappa shape index (κ3) is 5.85. The van der Waals surface area contributed by atoms with E-state index in [0.29, 0.717) is 27.6 Å². The third-order valence-corrected chi connectivity index (χ3v) is 4.98. The first-order valence-corrected chi connectivity index (χ1v) is 10.1. The van der Waals surface area contributed by atoms with E-state index in [0.717, 1.165) is 11.1 Å². The summed E-state index contributed by atoms with van der Waals surface area (Å²) in [5.74, 6) is 0.135. The number of nitriles is 1. The number of anilines is 1. The molecule has 0 aromatic heterocycles. The Morgan fingerprint density at radius 2 is 1.68 bits per heavy atom. The number of carbonyl (C=O) groups excluding carboxylic acids is 1. The Labute approximate surface area is 186 Å². The molecular formula is C25H23ClN2O3. The van der Waals surface area contributed by atoms with Crippen LogP contribution >= 0.6 is 11.6 Å². The van der Waals surface area contributed by atoms with Crippen LogP contribution in [0, 0.1) is 16.7 Å². The normalized spacial score (nSPS) is 10.9. The van der Waals surface area contributed by atoms with Crippen molar-refractivity contribution in [2.75, 3.05) is 18.5 Å². The molecule has 0 heterocycles. The molecule has 0 spiro atoms. The Morgan fingerprint density at radius 1 is 1.06 bits per heavy atom. The van der Waals surface area contributed by atoms with Crippen LogP contribution in [0.5, 0.6) is 5.75 Å². The van der Waals surface area contributed by atoms with E-state index in [1.54, 1.807) is 30.3 Å². The van der Waals surface area contributed by atoms with Gasteiger partial charge in [0.05, 0.1) is 18.8 Å². The average molecular weight is 435 g/mol. The number of aliphatic hydroxyl groups excluding tert-OH is 1. The van der Waals surface area contributed by atoms with E-state index in [1.165, 1.54) is 0 Å². The summed E-state index contributed by atoms with van der Waals surface area (Å²) in [5, 5.41) is 22.3. The van der Waals surface area contributed by atoms with Gasteiger partial charge in [-0.05, 0) is 53.6 Å². The first kappa shape index (κ1) is 22.4. The average Bonchev–Trinajstić information content (AvgIpc) is 2.78. The Morgan fingerprint density at radius 3 is 2.26 bits per heavy atom. The summed E-state index contributed by atoms with van der Waals surface area (Å²) in [6.45, 7) is 3.97. The van der Waals surface area contributed by atoms with Crippen LogP contribution in [0.3, 0.4) is 0 Å². The minimum absolute atomic E-state index is 0.0279. The predicted molar refractivity (Wildman–Crippen MR) is 122 cm³/mol. The summed E-state index contributed by atoms with van der Waals surface area (Å²) < 4.78 is 5.69. The molecule has 0 aliphatic carbocycles. The highest BCUT2D eigenvalue weighted by molar-refractivity contribution is 6.30. The third-order valence-electron chi connectivity index (χ3n) is 4.73. The summed E-state index contributed by atoms with van der Waals surface area (Å²) in [4.78, 5) is 12.6. The van der Waals surface area contributed by atoms with Crippen molar-refractivity contribution in [1.82, 2.24) is 0 Å². The maximum absolute atomic E-state index is 12.6. The Kier molecular flexibility index (Phi) is 6.96. The van der Waals surface area contributed by atoms with Crippen LogP contribution in [0.25, 0.3) is 11.1 Å². The highest BCUT2D eigenvalue weighted by atomic mass is 35.5. The van der Waals surface area contributed by atoms with E-state index in [1.807, 2.05) is 50.2 Å². The van der Waals surface area contributed by atoms with Crippen LogP contribution in [0.2, 0.25) is 5.02 Å². The fourth-order valence-corrected chi connectivity index (χ4v) is 2.93. The van der Waals surface area contributed by atoms with Gasteiger partial charge in [-0.3, -0.25) is 4.79 Å². The summed E-state index contributed by atoms with van der Waals surface area (Å²) in [7, 11) is 0. The number of halogens is 1. The molecule has 0 aliphatic heterocycles. The SMILES string of the molecule is CC(C)(CO)COc1ccc(NC(=O)c2ccc(-c3ccc(Cl)cc3)cc2)cc1C#N. The van der Waals surface area contributed by atoms with Crippen molar-refractivity contribution in [3.8, 4) is 22.9 Å². The van der Waals surface area contributed by atoms with Crippen molar-refractivity contribution in [2.45, 2.75) is 13.8 Å². The molecule has 31 heavy (non-hydrogen) atoms. The number of benzene rings is 3. The lowest BCUT2D eigenvalue weighted by molar-refractivity contribution is 0.0974. The van der Waals surface area contributed by atoms with Crippen LogP contribution in [-0.4, -0.2) is 24.2 Å². The van der Waals surface area contributed by atoms with Gasteiger partial charge in [0.25, 0.3) is 5.91 Å². The molecule has 2 N–H and O–H groups in total. The van der Waals surface area contributed by atoms with Crippen molar-refractivity contribution in [3.63, 3.8) is 0 Å². The van der Waals surface area contributed by atoms with Crippen LogP contribution in [0.15, 0.2) is 66.7 Å². The predicted octanol–water partition coefficient (Wildman–Crippen LogP) is 5.53. The number of hydrogen-bond donors (Lipinski definition) is 2. The van der Waals surface area contributed by atoms with Crippen molar-refractivity contribution in [1.29, 1.82) is 5.26 Å². The molecule has 158 valence electrons. The second-order valence-electron chi connectivity index (χ2n) is 7.97. The maximum atomic E-state index is 12.6. The highest BCUT2D eigenvalue weighted by Crippen LogP contribution is 2.26. The molecular weight excluding hydrogens is 412 g/mol. The second-order valence-corrected chi connectivity index (χ2v) is 8.41. The molecule has 0 bridgehead atoms. The van der Waals surface area contributed by atoms with Gasteiger partial charge in [0.2, 0.25) is 0 Å². The summed E-state index contributed by atoms with van der Waals surface area (Å²) in [6, 6.07) is 21.7. The van der Waals surface area contributed by atoms with E-state index in [4.69, 9.17) is 16.3 Å². The van der Waals surface area contributed by atoms with Gasteiger partial charge in [0.15, 0.2) is 0 Å². The fraction of sp³-hybridized carbons (Fsp3) is 0.200. The molecule has 0 saturated carbocycles. The van der Waals surface area contributed by atoms with Crippen LogP contribution in [0.1, 0.15) is 29.8 Å². The summed E-state index contributed by atoms with van der Waals surface area (Å²) >= 11 is 5.93. The monoisotopic (exact) mass is 434 g/mol. The smallest absolute Gasteiger partial charge is 0.255 e. The Balaban J connectivity index is 1.70. The van der Waals surface area contributed by atoms with Gasteiger partial charge in [-0.15, -0.1) is 0 Å². The standard InChI is InChI=1S/C25H23ClN2O3/c1-25(2,15-29)16-31-23-12-11-22(13-20(23)14-27)28-24(30)19-5-3-17(4-6-19)18-7-9-21(26)10-8-18/h3-13,29H,15-16H2,1-2H3,(H,28,30). The molecule has 0 aliphatic rings. The van der Waals surface area contributed by atoms with Gasteiger partial charge >= 0.3 is 0 Å². The molecule has 3 rings (SSSR count). The molecule has 5 nitrogen and oxygen atoms in total. The molecule has 6 heteroatoms. The largest absolute Gasteiger partial charge is 0.492 e. The fourth-order valence-electron chi connectivity index (χ4n) is 2.80. The lowest BCUT2D eigenvalue weighted by Gasteiger charge is -2.22. The lowest BCUT2D eigenvalue weighted by atomic mass is 9.96. The van der Waals surface area contributed by atoms with Gasteiger partial charge in [-0.2, -0.15) is 5.26 Å². The number of nitrogens with zero attached hydrogens (tertiary/aromatic N) is 1. The zero-order valence-electron chi connectivity index (χ0n) is 17.4. The molecule has 3 aromatic rings. The zero-order chi connectivity index (χ0) is 22.4. The van der Waals surface area contributed by atoms with Crippen LogP contribution in [0.4, 0.5) is 5.69 Å². The van der Waals surface area contributed by atoms with E-state index >= 15 is 0 Å². The Hall–Kier alpha value is -3.33.